The quantitative estimate of drug-likeness (QED) is 0.500. The van der Waals surface area contributed by atoms with E-state index >= 15 is 0 Å². The average Bonchev–Trinajstić information content (AvgIpc) is 2.69. The van der Waals surface area contributed by atoms with Gasteiger partial charge in [0.1, 0.15) is 17.2 Å². The fourth-order valence-electron chi connectivity index (χ4n) is 2.32. The number of aryl methyl sites for hydroxylation is 1. The second-order valence-electron chi connectivity index (χ2n) is 5.53. The average molecular weight is 341 g/mol. The maximum atomic E-state index is 13.6. The molecule has 0 aliphatic carbocycles. The molecule has 0 fully saturated rings. The van der Waals surface area contributed by atoms with Gasteiger partial charge in [0.2, 0.25) is 0 Å². The zero-order valence-corrected chi connectivity index (χ0v) is 14.3. The lowest BCUT2D eigenvalue weighted by Gasteiger charge is -2.04. The maximum absolute atomic E-state index is 13.6. The summed E-state index contributed by atoms with van der Waals surface area (Å²) in [5.41, 5.74) is 3.05. The smallest absolute Gasteiger partial charge is 0.178 e. The first kappa shape index (κ1) is 17.2. The van der Waals surface area contributed by atoms with Crippen LogP contribution in [-0.2, 0) is 0 Å². The second kappa shape index (κ2) is 7.54. The molecule has 3 rings (SSSR count). The van der Waals surface area contributed by atoms with Gasteiger partial charge in [0.25, 0.3) is 0 Å². The van der Waals surface area contributed by atoms with E-state index in [1.165, 1.54) is 6.08 Å². The van der Waals surface area contributed by atoms with Gasteiger partial charge >= 0.3 is 0 Å². The highest BCUT2D eigenvalue weighted by Gasteiger charge is 2.07. The Morgan fingerprint density at radius 1 is 1.08 bits per heavy atom. The number of benzene rings is 1. The van der Waals surface area contributed by atoms with Crippen LogP contribution in [0.5, 0.6) is 0 Å². The predicted octanol–water partition coefficient (Wildman–Crippen LogP) is 4.95. The van der Waals surface area contributed by atoms with Gasteiger partial charge < -0.3 is 0 Å². The van der Waals surface area contributed by atoms with Crippen molar-refractivity contribution in [2.45, 2.75) is 6.92 Å². The molecule has 0 N–H and O–H groups in total. The van der Waals surface area contributed by atoms with E-state index in [-0.39, 0.29) is 5.57 Å². The normalized spacial score (nSPS) is 11.3. The molecule has 4 heteroatoms. The molecule has 0 atom stereocenters. The minimum atomic E-state index is -0.515. The van der Waals surface area contributed by atoms with E-state index in [1.54, 1.807) is 6.20 Å². The molecule has 0 saturated carbocycles. The van der Waals surface area contributed by atoms with Gasteiger partial charge in [0.15, 0.2) is 5.82 Å². The summed E-state index contributed by atoms with van der Waals surface area (Å²) in [6, 6.07) is 11.5. The van der Waals surface area contributed by atoms with Crippen molar-refractivity contribution in [3.8, 4) is 23.4 Å². The van der Waals surface area contributed by atoms with Crippen molar-refractivity contribution in [1.29, 1.82) is 0 Å². The number of hydrogen-bond donors (Lipinski definition) is 0. The van der Waals surface area contributed by atoms with Gasteiger partial charge in [-0.25, -0.2) is 19.3 Å². The lowest BCUT2D eigenvalue weighted by Crippen LogP contribution is -1.96. The van der Waals surface area contributed by atoms with Crippen LogP contribution in [0.25, 0.3) is 22.4 Å². The lowest BCUT2D eigenvalue weighted by atomic mass is 10.1. The number of rotatable bonds is 3. The Bertz CT molecular complexity index is 1100. The summed E-state index contributed by atoms with van der Waals surface area (Å²) in [7, 11) is 0. The molecule has 126 valence electrons. The molecule has 0 unspecified atom stereocenters. The Hall–Kier alpha value is -3.58. The molecule has 26 heavy (non-hydrogen) atoms. The van der Waals surface area contributed by atoms with Gasteiger partial charge in [0, 0.05) is 11.6 Å². The molecule has 3 aromatic rings. The van der Waals surface area contributed by atoms with Gasteiger partial charge in [-0.3, -0.25) is 0 Å². The molecule has 0 spiro atoms. The lowest BCUT2D eigenvalue weighted by molar-refractivity contribution is 0.663. The van der Waals surface area contributed by atoms with Crippen molar-refractivity contribution in [2.24, 2.45) is 0 Å². The van der Waals surface area contributed by atoms with Gasteiger partial charge in [-0.2, -0.15) is 0 Å². The Morgan fingerprint density at radius 3 is 2.65 bits per heavy atom. The van der Waals surface area contributed by atoms with Crippen LogP contribution in [0.2, 0.25) is 0 Å². The molecule has 2 aromatic heterocycles. The van der Waals surface area contributed by atoms with Crippen LogP contribution >= 0.6 is 0 Å². The van der Waals surface area contributed by atoms with E-state index in [9.17, 15) is 4.39 Å². The zero-order chi connectivity index (χ0) is 18.5. The van der Waals surface area contributed by atoms with Crippen LogP contribution in [0.1, 0.15) is 11.3 Å². The highest BCUT2D eigenvalue weighted by atomic mass is 19.1. The third-order valence-corrected chi connectivity index (χ3v) is 3.77. The van der Waals surface area contributed by atoms with Crippen LogP contribution in [0.4, 0.5) is 4.39 Å². The monoisotopic (exact) mass is 341 g/mol. The fourth-order valence-corrected chi connectivity index (χ4v) is 2.32. The zero-order valence-electron chi connectivity index (χ0n) is 14.3. The number of halogens is 1. The molecule has 3 nitrogen and oxygen atoms in total. The highest BCUT2D eigenvalue weighted by molar-refractivity contribution is 5.79. The van der Waals surface area contributed by atoms with Gasteiger partial charge in [-0.05, 0) is 36.6 Å². The number of nitrogens with zero attached hydrogens (tertiary/aromatic N) is 3. The first-order valence-corrected chi connectivity index (χ1v) is 7.99. The topological polar surface area (TPSA) is 38.7 Å². The van der Waals surface area contributed by atoms with Crippen molar-refractivity contribution >= 4 is 10.9 Å². The molecule has 0 radical (unpaired) electrons. The molecule has 1 aromatic carbocycles. The van der Waals surface area contributed by atoms with Crippen LogP contribution in [0.3, 0.4) is 0 Å². The number of para-hydroxylation sites is 1. The van der Waals surface area contributed by atoms with Crippen molar-refractivity contribution in [3.05, 3.63) is 90.6 Å². The highest BCUT2D eigenvalue weighted by Crippen LogP contribution is 2.18. The van der Waals surface area contributed by atoms with Crippen LogP contribution in [0, 0.1) is 18.8 Å². The summed E-state index contributed by atoms with van der Waals surface area (Å²) < 4.78 is 13.6. The van der Waals surface area contributed by atoms with Gasteiger partial charge in [-0.15, -0.1) is 0 Å². The fraction of sp³-hybridized carbons (Fsp3) is 0.0455. The van der Waals surface area contributed by atoms with Gasteiger partial charge in [-0.1, -0.05) is 49.4 Å². The third kappa shape index (κ3) is 3.57. The van der Waals surface area contributed by atoms with Crippen LogP contribution in [-0.4, -0.2) is 15.0 Å². The minimum Gasteiger partial charge on any atom is -0.236 e. The summed E-state index contributed by atoms with van der Waals surface area (Å²) >= 11 is 0. The number of hydrogen-bond acceptors (Lipinski definition) is 3. The third-order valence-electron chi connectivity index (χ3n) is 3.77. The van der Waals surface area contributed by atoms with Crippen LogP contribution in [0.15, 0.2) is 79.3 Å². The first-order chi connectivity index (χ1) is 12.6. The van der Waals surface area contributed by atoms with Gasteiger partial charge in [0.05, 0.1) is 11.1 Å². The summed E-state index contributed by atoms with van der Waals surface area (Å²) in [4.78, 5) is 13.5. The van der Waals surface area contributed by atoms with E-state index in [4.69, 9.17) is 0 Å². The largest absolute Gasteiger partial charge is 0.236 e. The predicted molar refractivity (Wildman–Crippen MR) is 103 cm³/mol. The molecule has 0 aliphatic heterocycles. The van der Waals surface area contributed by atoms with E-state index in [0.717, 1.165) is 22.5 Å². The molecule has 0 bridgehead atoms. The molecule has 0 saturated heterocycles. The van der Waals surface area contributed by atoms with E-state index in [0.29, 0.717) is 17.2 Å². The number of pyridine rings is 1. The SMILES string of the molecule is C=C/C(F)=C(/C#Cc1nc(-c2ncc3ccccc3n2)ccc1C)C=C. The molecular formula is C22H16FN3. The van der Waals surface area contributed by atoms with Crippen molar-refractivity contribution in [1.82, 2.24) is 15.0 Å². The Morgan fingerprint density at radius 2 is 1.88 bits per heavy atom. The second-order valence-corrected chi connectivity index (χ2v) is 5.53. The van der Waals surface area contributed by atoms with Crippen molar-refractivity contribution in [3.63, 3.8) is 0 Å². The molecule has 0 aliphatic rings. The minimum absolute atomic E-state index is 0.175. The molecular weight excluding hydrogens is 325 g/mol. The maximum Gasteiger partial charge on any atom is 0.178 e. The summed E-state index contributed by atoms with van der Waals surface area (Å²) in [5.74, 6) is 5.64. The van der Waals surface area contributed by atoms with E-state index in [2.05, 4.69) is 40.0 Å². The van der Waals surface area contributed by atoms with Crippen molar-refractivity contribution < 1.29 is 4.39 Å². The van der Waals surface area contributed by atoms with E-state index < -0.39 is 5.83 Å². The van der Waals surface area contributed by atoms with E-state index in [1.807, 2.05) is 43.3 Å². The summed E-state index contributed by atoms with van der Waals surface area (Å²) in [5, 5.41) is 0.962. The number of fused-ring (bicyclic) bond motifs is 1. The summed E-state index contributed by atoms with van der Waals surface area (Å²) in [6.07, 6.45) is 4.23. The molecule has 0 amide bonds. The Kier molecular flexibility index (Phi) is 5.00. The Balaban J connectivity index is 2.05. The van der Waals surface area contributed by atoms with Crippen molar-refractivity contribution in [2.75, 3.05) is 0 Å². The summed E-state index contributed by atoms with van der Waals surface area (Å²) in [6.45, 7) is 8.86. The van der Waals surface area contributed by atoms with Crippen LogP contribution < -0.4 is 0 Å². The standard InChI is InChI=1S/C22H16FN3/c1-4-16(18(23)5-2)11-13-19-15(3)10-12-21(25-19)22-24-14-17-8-6-7-9-20(17)26-22/h4-10,12,14H,1-2H2,3H3/b18-16-. The number of aromatic nitrogens is 3. The number of allylic oxidation sites excluding steroid dienone is 4. The molecule has 2 heterocycles. The first-order valence-electron chi connectivity index (χ1n) is 7.99. The Labute approximate surface area is 151 Å².